The lowest BCUT2D eigenvalue weighted by atomic mass is 10.2. The molecule has 1 aromatic carbocycles. The summed E-state index contributed by atoms with van der Waals surface area (Å²) in [5.74, 6) is 0. The highest BCUT2D eigenvalue weighted by molar-refractivity contribution is 7.89. The Morgan fingerprint density at radius 2 is 1.79 bits per heavy atom. The van der Waals surface area contributed by atoms with Crippen LogP contribution in [0.2, 0.25) is 0 Å². The average molecular weight is 297 g/mol. The Morgan fingerprint density at radius 1 is 1.26 bits per heavy atom. The molecular formula is C11H14F3NO3S. The van der Waals surface area contributed by atoms with Gasteiger partial charge in [-0.3, -0.25) is 0 Å². The molecule has 8 heteroatoms. The third-order valence-electron chi connectivity index (χ3n) is 2.31. The van der Waals surface area contributed by atoms with Gasteiger partial charge in [0.15, 0.2) is 0 Å². The van der Waals surface area contributed by atoms with Gasteiger partial charge in [0.05, 0.1) is 17.9 Å². The maximum absolute atomic E-state index is 12.1. The zero-order chi connectivity index (χ0) is 14.7. The minimum Gasteiger partial charge on any atom is -0.392 e. The Hall–Kier alpha value is -1.12. The van der Waals surface area contributed by atoms with Crippen molar-refractivity contribution in [2.45, 2.75) is 37.1 Å². The van der Waals surface area contributed by atoms with Crippen molar-refractivity contribution in [1.29, 1.82) is 0 Å². The fourth-order valence-electron chi connectivity index (χ4n) is 1.50. The molecule has 19 heavy (non-hydrogen) atoms. The summed E-state index contributed by atoms with van der Waals surface area (Å²) < 4.78 is 61.9. The van der Waals surface area contributed by atoms with Crippen LogP contribution in [0.5, 0.6) is 0 Å². The number of nitrogens with one attached hydrogen (secondary N) is 1. The molecule has 0 saturated heterocycles. The van der Waals surface area contributed by atoms with E-state index >= 15 is 0 Å². The Balaban J connectivity index is 2.80. The van der Waals surface area contributed by atoms with Crippen molar-refractivity contribution < 1.29 is 26.7 Å². The lowest BCUT2D eigenvalue weighted by Gasteiger charge is -2.16. The van der Waals surface area contributed by atoms with Crippen LogP contribution in [-0.4, -0.2) is 25.7 Å². The molecule has 0 heterocycles. The third kappa shape index (κ3) is 5.17. The average Bonchev–Trinajstić information content (AvgIpc) is 2.25. The molecule has 0 radical (unpaired) electrons. The number of sulfonamides is 1. The van der Waals surface area contributed by atoms with Gasteiger partial charge >= 0.3 is 6.18 Å². The SMILES string of the molecule is CC(CC(F)(F)F)NS(=O)(=O)c1ccc(CO)cc1. The van der Waals surface area contributed by atoms with E-state index in [0.717, 1.165) is 6.92 Å². The van der Waals surface area contributed by atoms with Crippen molar-refractivity contribution in [3.8, 4) is 0 Å². The van der Waals surface area contributed by atoms with Crippen molar-refractivity contribution in [2.24, 2.45) is 0 Å². The van der Waals surface area contributed by atoms with Gasteiger partial charge in [0, 0.05) is 6.04 Å². The number of alkyl halides is 3. The monoisotopic (exact) mass is 297 g/mol. The van der Waals surface area contributed by atoms with Crippen LogP contribution in [-0.2, 0) is 16.6 Å². The van der Waals surface area contributed by atoms with Crippen LogP contribution in [0.1, 0.15) is 18.9 Å². The van der Waals surface area contributed by atoms with Gasteiger partial charge in [0.2, 0.25) is 10.0 Å². The lowest BCUT2D eigenvalue weighted by molar-refractivity contribution is -0.137. The van der Waals surface area contributed by atoms with Crippen LogP contribution in [0, 0.1) is 0 Å². The van der Waals surface area contributed by atoms with Crippen molar-refractivity contribution in [2.75, 3.05) is 0 Å². The zero-order valence-electron chi connectivity index (χ0n) is 10.1. The summed E-state index contributed by atoms with van der Waals surface area (Å²) >= 11 is 0. The van der Waals surface area contributed by atoms with Crippen molar-refractivity contribution >= 4 is 10.0 Å². The first-order chi connectivity index (χ1) is 8.64. The quantitative estimate of drug-likeness (QED) is 0.871. The summed E-state index contributed by atoms with van der Waals surface area (Å²) in [6, 6.07) is 4.00. The number of hydrogen-bond donors (Lipinski definition) is 2. The minimum absolute atomic E-state index is 0.140. The number of aliphatic hydroxyl groups excluding tert-OH is 1. The summed E-state index contributed by atoms with van der Waals surface area (Å²) in [5.41, 5.74) is 0.516. The molecule has 1 atom stereocenters. The third-order valence-corrected chi connectivity index (χ3v) is 3.92. The maximum Gasteiger partial charge on any atom is 0.390 e. The summed E-state index contributed by atoms with van der Waals surface area (Å²) in [6.45, 7) is 0.908. The van der Waals surface area contributed by atoms with Crippen molar-refractivity contribution in [1.82, 2.24) is 4.72 Å². The summed E-state index contributed by atoms with van der Waals surface area (Å²) in [4.78, 5) is -0.140. The van der Waals surface area contributed by atoms with E-state index in [-0.39, 0.29) is 11.5 Å². The number of rotatable bonds is 5. The van der Waals surface area contributed by atoms with Gasteiger partial charge in [-0.05, 0) is 24.6 Å². The molecule has 0 saturated carbocycles. The Morgan fingerprint density at radius 3 is 2.21 bits per heavy atom. The molecule has 108 valence electrons. The summed E-state index contributed by atoms with van der Waals surface area (Å²) in [6.07, 6.45) is -5.66. The highest BCUT2D eigenvalue weighted by Crippen LogP contribution is 2.22. The number of halogens is 3. The molecule has 0 bridgehead atoms. The molecule has 1 aromatic rings. The first kappa shape index (κ1) is 15.9. The molecule has 1 rings (SSSR count). The van der Waals surface area contributed by atoms with Gasteiger partial charge < -0.3 is 5.11 Å². The number of hydrogen-bond acceptors (Lipinski definition) is 3. The molecule has 0 spiro atoms. The highest BCUT2D eigenvalue weighted by atomic mass is 32.2. The number of benzene rings is 1. The van der Waals surface area contributed by atoms with Gasteiger partial charge in [-0.15, -0.1) is 0 Å². The van der Waals surface area contributed by atoms with E-state index < -0.39 is 28.7 Å². The maximum atomic E-state index is 12.1. The topological polar surface area (TPSA) is 66.4 Å². The smallest absolute Gasteiger partial charge is 0.390 e. The molecule has 0 aliphatic rings. The van der Waals surface area contributed by atoms with E-state index in [0.29, 0.717) is 5.56 Å². The van der Waals surface area contributed by atoms with Gasteiger partial charge in [-0.1, -0.05) is 12.1 Å². The van der Waals surface area contributed by atoms with Crippen molar-refractivity contribution in [3.05, 3.63) is 29.8 Å². The second-order valence-corrected chi connectivity index (χ2v) is 5.86. The summed E-state index contributed by atoms with van der Waals surface area (Å²) in [7, 11) is -3.99. The first-order valence-corrected chi connectivity index (χ1v) is 6.91. The largest absolute Gasteiger partial charge is 0.392 e. The van der Waals surface area contributed by atoms with Crippen LogP contribution in [0.3, 0.4) is 0 Å². The van der Waals surface area contributed by atoms with Crippen LogP contribution in [0.15, 0.2) is 29.2 Å². The zero-order valence-corrected chi connectivity index (χ0v) is 10.9. The molecule has 0 amide bonds. The van der Waals surface area contributed by atoms with Crippen LogP contribution >= 0.6 is 0 Å². The lowest BCUT2D eigenvalue weighted by Crippen LogP contribution is -2.35. The molecule has 0 aromatic heterocycles. The standard InChI is InChI=1S/C11H14F3NO3S/c1-8(6-11(12,13)14)15-19(17,18)10-4-2-9(7-16)3-5-10/h2-5,8,15-16H,6-7H2,1H3. The van der Waals surface area contributed by atoms with E-state index in [2.05, 4.69) is 0 Å². The second-order valence-electron chi connectivity index (χ2n) is 4.14. The fourth-order valence-corrected chi connectivity index (χ4v) is 2.74. The predicted molar refractivity (Wildman–Crippen MR) is 62.8 cm³/mol. The number of aliphatic hydroxyl groups is 1. The highest BCUT2D eigenvalue weighted by Gasteiger charge is 2.31. The van der Waals surface area contributed by atoms with Gasteiger partial charge in [-0.2, -0.15) is 13.2 Å². The molecule has 4 nitrogen and oxygen atoms in total. The molecular weight excluding hydrogens is 283 g/mol. The second kappa shape index (κ2) is 5.89. The van der Waals surface area contributed by atoms with E-state index in [1.54, 1.807) is 0 Å². The van der Waals surface area contributed by atoms with E-state index in [1.807, 2.05) is 4.72 Å². The molecule has 0 aliphatic heterocycles. The van der Waals surface area contributed by atoms with Gasteiger partial charge in [-0.25, -0.2) is 13.1 Å². The van der Waals surface area contributed by atoms with Gasteiger partial charge in [0.1, 0.15) is 0 Å². The normalized spacial score (nSPS) is 14.4. The van der Waals surface area contributed by atoms with Gasteiger partial charge in [0.25, 0.3) is 0 Å². The first-order valence-electron chi connectivity index (χ1n) is 5.43. The van der Waals surface area contributed by atoms with Crippen LogP contribution in [0.25, 0.3) is 0 Å². The Kier molecular flexibility index (Phi) is 4.94. The molecule has 0 aliphatic carbocycles. The molecule has 0 fully saturated rings. The van der Waals surface area contributed by atoms with Crippen LogP contribution in [0.4, 0.5) is 13.2 Å². The fraction of sp³-hybridized carbons (Fsp3) is 0.455. The summed E-state index contributed by atoms with van der Waals surface area (Å²) in [5, 5.41) is 8.81. The molecule has 1 unspecified atom stereocenters. The van der Waals surface area contributed by atoms with E-state index in [4.69, 9.17) is 5.11 Å². The predicted octanol–water partition coefficient (Wildman–Crippen LogP) is 1.80. The Labute approximate surface area is 109 Å². The molecule has 2 N–H and O–H groups in total. The van der Waals surface area contributed by atoms with Crippen LogP contribution < -0.4 is 4.72 Å². The van der Waals surface area contributed by atoms with E-state index in [9.17, 15) is 21.6 Å². The van der Waals surface area contributed by atoms with Crippen molar-refractivity contribution in [3.63, 3.8) is 0 Å². The minimum atomic E-state index is -4.43. The Bertz CT molecular complexity index is 511. The van der Waals surface area contributed by atoms with E-state index in [1.165, 1.54) is 24.3 Å².